The van der Waals surface area contributed by atoms with E-state index in [4.69, 9.17) is 22.3 Å². The highest BCUT2D eigenvalue weighted by atomic mass is 16.4. The van der Waals surface area contributed by atoms with Gasteiger partial charge in [-0.15, -0.1) is 0 Å². The van der Waals surface area contributed by atoms with Gasteiger partial charge < -0.3 is 59.1 Å². The van der Waals surface area contributed by atoms with Crippen LogP contribution in [0.4, 0.5) is 0 Å². The zero-order valence-corrected chi connectivity index (χ0v) is 26.6. The van der Waals surface area contributed by atoms with E-state index in [0.717, 1.165) is 0 Å². The number of primary amides is 2. The number of nitrogens with two attached hydrogens (primary N) is 3. The van der Waals surface area contributed by atoms with Crippen LogP contribution in [0.5, 0.6) is 0 Å². The summed E-state index contributed by atoms with van der Waals surface area (Å²) < 4.78 is 0. The fourth-order valence-corrected chi connectivity index (χ4v) is 4.01. The first kappa shape index (κ1) is 41.6. The zero-order chi connectivity index (χ0) is 35.9. The topological polar surface area (TPSA) is 335 Å². The molecular weight excluding hydrogens is 612 g/mol. The van der Waals surface area contributed by atoms with Crippen LogP contribution in [0.2, 0.25) is 0 Å². The first-order valence-electron chi connectivity index (χ1n) is 14.6. The largest absolute Gasteiger partial charge is 0.480 e. The van der Waals surface area contributed by atoms with Crippen LogP contribution in [0.3, 0.4) is 0 Å². The molecule has 0 rings (SSSR count). The number of carbonyl (C=O) groups excluding carboxylic acids is 7. The monoisotopic (exact) mass is 660 g/mol. The summed E-state index contributed by atoms with van der Waals surface area (Å²) in [7, 11) is 0. The summed E-state index contributed by atoms with van der Waals surface area (Å²) in [5, 5.41) is 40.0. The lowest BCUT2D eigenvalue weighted by atomic mass is 9.96. The van der Waals surface area contributed by atoms with Crippen molar-refractivity contribution < 1.29 is 53.7 Å². The Morgan fingerprint density at radius 3 is 1.46 bits per heavy atom. The average Bonchev–Trinajstić information content (AvgIpc) is 2.95. The second-order valence-electron chi connectivity index (χ2n) is 11.4. The Morgan fingerprint density at radius 1 is 0.652 bits per heavy atom. The normalized spacial score (nSPS) is 16.3. The predicted molar refractivity (Wildman–Crippen MR) is 161 cm³/mol. The van der Waals surface area contributed by atoms with E-state index in [1.165, 1.54) is 6.92 Å². The highest BCUT2D eigenvalue weighted by molar-refractivity contribution is 5.99. The van der Waals surface area contributed by atoms with Crippen LogP contribution in [0, 0.1) is 11.8 Å². The van der Waals surface area contributed by atoms with E-state index in [0.29, 0.717) is 6.42 Å². The van der Waals surface area contributed by atoms with Gasteiger partial charge in [-0.05, 0) is 25.2 Å². The van der Waals surface area contributed by atoms with Crippen molar-refractivity contribution in [1.29, 1.82) is 0 Å². The first-order chi connectivity index (χ1) is 21.2. The SMILES string of the molecule is CC[C@H](C)[C@H](NC(=O)[C@H](CC(N)=O)NC(=O)[C@H](CC(N)=O)NC(=O)[C@@H](N)CO)C(=O)N[C@H](C(=O)N[C@@H](CC(C)C)C(=O)O)[C@@H](C)O. The molecule has 0 aliphatic rings. The minimum Gasteiger partial charge on any atom is -0.480 e. The van der Waals surface area contributed by atoms with Gasteiger partial charge in [-0.25, -0.2) is 4.79 Å². The average molecular weight is 661 g/mol. The van der Waals surface area contributed by atoms with E-state index in [1.54, 1.807) is 27.7 Å². The van der Waals surface area contributed by atoms with E-state index in [1.807, 2.05) is 0 Å². The lowest BCUT2D eigenvalue weighted by Crippen LogP contribution is -2.62. The minimum absolute atomic E-state index is 0.0677. The molecule has 0 aromatic rings. The number of aliphatic carboxylic acids is 1. The molecule has 0 saturated carbocycles. The summed E-state index contributed by atoms with van der Waals surface area (Å²) in [6.07, 6.45) is -2.67. The maximum Gasteiger partial charge on any atom is 0.326 e. The summed E-state index contributed by atoms with van der Waals surface area (Å²) in [5.74, 6) is -9.35. The van der Waals surface area contributed by atoms with Crippen LogP contribution >= 0.6 is 0 Å². The summed E-state index contributed by atoms with van der Waals surface area (Å²) in [6, 6.07) is -9.21. The Kier molecular flexibility index (Phi) is 18.0. The maximum absolute atomic E-state index is 13.4. The molecule has 7 amide bonds. The smallest absolute Gasteiger partial charge is 0.326 e. The van der Waals surface area contributed by atoms with Crippen LogP contribution in [-0.2, 0) is 38.4 Å². The van der Waals surface area contributed by atoms with Crippen LogP contribution in [0.25, 0.3) is 0 Å². The van der Waals surface area contributed by atoms with Crippen LogP contribution in [0.15, 0.2) is 0 Å². The van der Waals surface area contributed by atoms with Crippen molar-refractivity contribution in [3.63, 3.8) is 0 Å². The number of carboxylic acids is 1. The lowest BCUT2D eigenvalue weighted by molar-refractivity contribution is -0.143. The number of aliphatic hydroxyl groups excluding tert-OH is 2. The van der Waals surface area contributed by atoms with Crippen molar-refractivity contribution >= 4 is 47.3 Å². The molecule has 0 bridgehead atoms. The van der Waals surface area contributed by atoms with Crippen molar-refractivity contribution in [2.75, 3.05) is 6.61 Å². The second-order valence-corrected chi connectivity index (χ2v) is 11.4. The zero-order valence-electron chi connectivity index (χ0n) is 26.6. The molecule has 0 aliphatic carbocycles. The Morgan fingerprint density at radius 2 is 1.07 bits per heavy atom. The van der Waals surface area contributed by atoms with Gasteiger partial charge in [-0.3, -0.25) is 33.6 Å². The van der Waals surface area contributed by atoms with Crippen molar-refractivity contribution in [3.8, 4) is 0 Å². The minimum atomic E-state index is -1.73. The van der Waals surface area contributed by atoms with Gasteiger partial charge in [0, 0.05) is 0 Å². The van der Waals surface area contributed by atoms with Gasteiger partial charge in [0.15, 0.2) is 0 Å². The first-order valence-corrected chi connectivity index (χ1v) is 14.6. The highest BCUT2D eigenvalue weighted by Crippen LogP contribution is 2.11. The molecule has 46 heavy (non-hydrogen) atoms. The molecule has 8 atom stereocenters. The molecule has 19 heteroatoms. The van der Waals surface area contributed by atoms with Gasteiger partial charge in [-0.1, -0.05) is 34.1 Å². The number of hydrogen-bond acceptors (Lipinski definition) is 11. The molecule has 0 aromatic heterocycles. The molecule has 0 unspecified atom stereocenters. The molecule has 0 saturated heterocycles. The quantitative estimate of drug-likeness (QED) is 0.0551. The maximum atomic E-state index is 13.4. The molecule has 19 nitrogen and oxygen atoms in total. The van der Waals surface area contributed by atoms with Gasteiger partial charge >= 0.3 is 5.97 Å². The van der Waals surface area contributed by atoms with E-state index in [2.05, 4.69) is 26.6 Å². The third-order valence-corrected chi connectivity index (χ3v) is 6.79. The van der Waals surface area contributed by atoms with E-state index >= 15 is 0 Å². The van der Waals surface area contributed by atoms with Gasteiger partial charge in [0.25, 0.3) is 0 Å². The number of amides is 7. The predicted octanol–water partition coefficient (Wildman–Crippen LogP) is -4.96. The number of carboxylic acid groups (broad SMARTS) is 1. The van der Waals surface area contributed by atoms with Crippen molar-refractivity contribution in [1.82, 2.24) is 26.6 Å². The molecule has 0 aliphatic heterocycles. The van der Waals surface area contributed by atoms with Crippen LogP contribution in [0.1, 0.15) is 60.3 Å². The molecule has 0 heterocycles. The number of rotatable bonds is 21. The van der Waals surface area contributed by atoms with E-state index in [9.17, 15) is 48.6 Å². The number of hydrogen-bond donors (Lipinski definition) is 11. The molecule has 14 N–H and O–H groups in total. The Hall–Kier alpha value is -4.36. The Balaban J connectivity index is 6.11. The third kappa shape index (κ3) is 14.6. The Labute approximate surface area is 266 Å². The van der Waals surface area contributed by atoms with Gasteiger partial charge in [0.05, 0.1) is 25.6 Å². The number of aliphatic hydroxyl groups is 2. The summed E-state index contributed by atoms with van der Waals surface area (Å²) >= 11 is 0. The molecular formula is C27H48N8O11. The Bertz CT molecular complexity index is 1120. The summed E-state index contributed by atoms with van der Waals surface area (Å²) in [4.78, 5) is 99.6. The van der Waals surface area contributed by atoms with Crippen molar-refractivity contribution in [2.24, 2.45) is 29.0 Å². The van der Waals surface area contributed by atoms with E-state index < -0.39 is 115 Å². The van der Waals surface area contributed by atoms with Crippen molar-refractivity contribution in [3.05, 3.63) is 0 Å². The standard InChI is InChI=1S/C27H48N8O11/c1-6-12(4)20(25(43)35-21(13(5)37)26(44)33-17(27(45)46)7-11(2)3)34-24(42)16(9-19(30)39)32-23(41)15(8-18(29)38)31-22(40)14(28)10-36/h11-17,20-21,36-37H,6-10,28H2,1-5H3,(H2,29,38)(H2,30,39)(H,31,40)(H,32,41)(H,33,44)(H,34,42)(H,35,43)(H,45,46)/t12-,13+,14-,15-,16-,17-,20-,21-/m0/s1. The van der Waals surface area contributed by atoms with Gasteiger partial charge in [0.1, 0.15) is 36.3 Å². The van der Waals surface area contributed by atoms with Crippen molar-refractivity contribution in [2.45, 2.75) is 103 Å². The molecule has 0 fully saturated rings. The fraction of sp³-hybridized carbons (Fsp3) is 0.704. The molecule has 0 spiro atoms. The summed E-state index contributed by atoms with van der Waals surface area (Å²) in [6.45, 7) is 7.12. The highest BCUT2D eigenvalue weighted by Gasteiger charge is 2.36. The molecule has 0 aromatic carbocycles. The van der Waals surface area contributed by atoms with Gasteiger partial charge in [-0.2, -0.15) is 0 Å². The second kappa shape index (κ2) is 19.9. The molecule has 0 radical (unpaired) electrons. The summed E-state index contributed by atoms with van der Waals surface area (Å²) in [5.41, 5.74) is 15.8. The van der Waals surface area contributed by atoms with Crippen LogP contribution < -0.4 is 43.8 Å². The molecule has 262 valence electrons. The van der Waals surface area contributed by atoms with E-state index in [-0.39, 0.29) is 12.3 Å². The number of carbonyl (C=O) groups is 8. The number of nitrogens with one attached hydrogen (secondary N) is 5. The van der Waals surface area contributed by atoms with Gasteiger partial charge in [0.2, 0.25) is 41.4 Å². The van der Waals surface area contributed by atoms with Crippen LogP contribution in [-0.4, -0.2) is 112 Å². The fourth-order valence-electron chi connectivity index (χ4n) is 4.01. The third-order valence-electron chi connectivity index (χ3n) is 6.79. The lowest BCUT2D eigenvalue weighted by Gasteiger charge is -2.30.